The SMILES string of the molecule is CCC1C=CCCC2(CC3CCC4(O)C(C(=O)OCCCCCCCCCCCCCCCCCC(=O)N(CCCN)CC(O)CCN)C5(CCCC(C)O5)N=C(N2)N34)O1. The third kappa shape index (κ3) is 13.4. The van der Waals surface area contributed by atoms with Crippen molar-refractivity contribution in [2.24, 2.45) is 22.4 Å². The average molecular weight is 845 g/mol. The van der Waals surface area contributed by atoms with Gasteiger partial charge in [-0.2, -0.15) is 0 Å². The molecule has 5 rings (SSSR count). The molecule has 0 bridgehead atoms. The molecule has 5 heterocycles. The van der Waals surface area contributed by atoms with Crippen LogP contribution in [0.3, 0.4) is 0 Å². The minimum absolute atomic E-state index is 0.0183. The number of hydrogen-bond acceptors (Lipinski definition) is 12. The number of ether oxygens (including phenoxy) is 3. The first kappa shape index (κ1) is 48.7. The van der Waals surface area contributed by atoms with Gasteiger partial charge in [-0.05, 0) is 97.1 Å². The largest absolute Gasteiger partial charge is 0.465 e. The van der Waals surface area contributed by atoms with Crippen LogP contribution in [-0.4, -0.2) is 112 Å². The molecule has 13 nitrogen and oxygen atoms in total. The van der Waals surface area contributed by atoms with Gasteiger partial charge in [0, 0.05) is 32.0 Å². The summed E-state index contributed by atoms with van der Waals surface area (Å²) in [5.41, 5.74) is 8.04. The van der Waals surface area contributed by atoms with Gasteiger partial charge >= 0.3 is 5.97 Å². The maximum absolute atomic E-state index is 14.1. The van der Waals surface area contributed by atoms with E-state index in [9.17, 15) is 19.8 Å². The van der Waals surface area contributed by atoms with Gasteiger partial charge in [0.2, 0.25) is 11.9 Å². The van der Waals surface area contributed by atoms with Gasteiger partial charge in [0.25, 0.3) is 0 Å². The van der Waals surface area contributed by atoms with E-state index in [1.165, 1.54) is 64.2 Å². The van der Waals surface area contributed by atoms with Crippen LogP contribution in [0.2, 0.25) is 0 Å². The maximum Gasteiger partial charge on any atom is 0.318 e. The zero-order chi connectivity index (χ0) is 42.9. The Kier molecular flexibility index (Phi) is 19.9. The molecule has 8 unspecified atom stereocenters. The van der Waals surface area contributed by atoms with Crippen LogP contribution < -0.4 is 16.8 Å². The molecule has 2 spiro atoms. The lowest BCUT2D eigenvalue weighted by Crippen LogP contribution is -2.75. The molecular formula is C47H84N6O7. The molecule has 344 valence electrons. The topological polar surface area (TPSA) is 185 Å². The summed E-state index contributed by atoms with van der Waals surface area (Å²) in [6, 6.07) is 0.0183. The fourth-order valence-electron chi connectivity index (χ4n) is 10.6. The summed E-state index contributed by atoms with van der Waals surface area (Å²) in [5, 5.41) is 26.3. The van der Waals surface area contributed by atoms with Crippen molar-refractivity contribution >= 4 is 17.8 Å². The number of amides is 1. The number of guanidine groups is 1. The Bertz CT molecular complexity index is 1370. The van der Waals surface area contributed by atoms with Crippen molar-refractivity contribution in [2.75, 3.05) is 32.8 Å². The van der Waals surface area contributed by atoms with E-state index in [0.29, 0.717) is 64.4 Å². The van der Waals surface area contributed by atoms with Gasteiger partial charge in [-0.1, -0.05) is 103 Å². The van der Waals surface area contributed by atoms with Gasteiger partial charge < -0.3 is 51.0 Å². The molecule has 13 heteroatoms. The smallest absolute Gasteiger partial charge is 0.318 e. The molecule has 0 aliphatic carbocycles. The van der Waals surface area contributed by atoms with Crippen molar-refractivity contribution in [3.63, 3.8) is 0 Å². The number of unbranched alkanes of at least 4 members (excludes halogenated alkanes) is 14. The Morgan fingerprint density at radius 1 is 0.933 bits per heavy atom. The van der Waals surface area contributed by atoms with Crippen LogP contribution in [-0.2, 0) is 23.8 Å². The standard InChI is InChI=1S/C47H84N6O7/c1-3-40-24-18-19-28-45(60-40)35-38-26-30-47(57)42(46(29-21-23-37(2)59-46)51-44(50-45)53(38)47)43(56)58-34-20-16-14-12-10-8-6-4-5-7-9-11-13-15-17-25-41(55)52(33-22-31-48)36-39(54)27-32-49/h18,24,37-40,42,54,57H,3-17,19-23,25-36,48-49H2,1-2H3,(H,50,51). The molecule has 5 aliphatic heterocycles. The summed E-state index contributed by atoms with van der Waals surface area (Å²) >= 11 is 0. The van der Waals surface area contributed by atoms with Gasteiger partial charge in [0.15, 0.2) is 17.4 Å². The summed E-state index contributed by atoms with van der Waals surface area (Å²) < 4.78 is 19.4. The van der Waals surface area contributed by atoms with Crippen LogP contribution in [0.5, 0.6) is 0 Å². The van der Waals surface area contributed by atoms with E-state index < -0.39 is 29.2 Å². The highest BCUT2D eigenvalue weighted by molar-refractivity contribution is 5.87. The minimum Gasteiger partial charge on any atom is -0.465 e. The molecule has 0 aromatic heterocycles. The first-order chi connectivity index (χ1) is 29.1. The van der Waals surface area contributed by atoms with Gasteiger partial charge in [-0.15, -0.1) is 0 Å². The molecule has 8 atom stereocenters. The maximum atomic E-state index is 14.1. The van der Waals surface area contributed by atoms with Crippen molar-refractivity contribution in [1.29, 1.82) is 0 Å². The second-order valence-electron chi connectivity index (χ2n) is 18.8. The van der Waals surface area contributed by atoms with Gasteiger partial charge in [0.1, 0.15) is 5.72 Å². The van der Waals surface area contributed by atoms with Crippen LogP contribution in [0.1, 0.15) is 187 Å². The van der Waals surface area contributed by atoms with Crippen LogP contribution >= 0.6 is 0 Å². The number of nitrogens with two attached hydrogens (primary N) is 2. The Balaban J connectivity index is 0.930. The average Bonchev–Trinajstić information content (AvgIpc) is 3.42. The number of aliphatic imine (C=N–C) groups is 1. The molecular weight excluding hydrogens is 761 g/mol. The van der Waals surface area contributed by atoms with E-state index in [0.717, 1.165) is 83.5 Å². The number of nitrogens with one attached hydrogen (secondary N) is 1. The highest BCUT2D eigenvalue weighted by atomic mass is 16.6. The number of hydrogen-bond donors (Lipinski definition) is 5. The number of aliphatic hydroxyl groups excluding tert-OH is 1. The number of carbonyl (C=O) groups excluding carboxylic acids is 2. The van der Waals surface area contributed by atoms with Crippen molar-refractivity contribution in [1.82, 2.24) is 15.1 Å². The normalized spacial score (nSPS) is 30.2. The molecule has 0 aromatic carbocycles. The van der Waals surface area contributed by atoms with Gasteiger partial charge in [-0.3, -0.25) is 9.59 Å². The Morgan fingerprint density at radius 3 is 2.23 bits per heavy atom. The Labute approximate surface area is 362 Å². The monoisotopic (exact) mass is 845 g/mol. The van der Waals surface area contributed by atoms with Crippen molar-refractivity contribution in [3.8, 4) is 0 Å². The highest BCUT2D eigenvalue weighted by Gasteiger charge is 2.69. The quantitative estimate of drug-likeness (QED) is 0.0329. The second-order valence-corrected chi connectivity index (χ2v) is 18.8. The van der Waals surface area contributed by atoms with Crippen LogP contribution in [0.4, 0.5) is 0 Å². The second kappa shape index (κ2) is 24.5. The lowest BCUT2D eigenvalue weighted by atomic mass is 9.78. The lowest BCUT2D eigenvalue weighted by molar-refractivity contribution is -0.243. The van der Waals surface area contributed by atoms with Crippen LogP contribution in [0, 0.1) is 5.92 Å². The van der Waals surface area contributed by atoms with E-state index >= 15 is 0 Å². The molecule has 1 amide bonds. The molecule has 0 aromatic rings. The molecule has 0 radical (unpaired) electrons. The van der Waals surface area contributed by atoms with E-state index in [4.69, 9.17) is 30.7 Å². The third-order valence-corrected chi connectivity index (χ3v) is 13.8. The summed E-state index contributed by atoms with van der Waals surface area (Å²) in [5.74, 6) is -0.568. The predicted molar refractivity (Wildman–Crippen MR) is 237 cm³/mol. The first-order valence-corrected chi connectivity index (χ1v) is 24.5. The highest BCUT2D eigenvalue weighted by Crippen LogP contribution is 2.54. The number of carbonyl (C=O) groups is 2. The number of rotatable bonds is 27. The number of aliphatic hydroxyl groups is 2. The summed E-state index contributed by atoms with van der Waals surface area (Å²) in [6.07, 6.45) is 30.0. The molecule has 3 fully saturated rings. The van der Waals surface area contributed by atoms with E-state index in [2.05, 4.69) is 24.4 Å². The minimum atomic E-state index is -1.42. The predicted octanol–water partition coefficient (Wildman–Crippen LogP) is 6.92. The van der Waals surface area contributed by atoms with Crippen molar-refractivity contribution in [3.05, 3.63) is 12.2 Å². The summed E-state index contributed by atoms with van der Waals surface area (Å²) in [7, 11) is 0. The van der Waals surface area contributed by atoms with Gasteiger partial charge in [0.05, 0.1) is 24.9 Å². The van der Waals surface area contributed by atoms with Crippen molar-refractivity contribution < 1.29 is 34.0 Å². The Hall–Kier alpha value is -2.29. The van der Waals surface area contributed by atoms with E-state index in [1.807, 2.05) is 11.8 Å². The molecule has 5 aliphatic rings. The molecule has 60 heavy (non-hydrogen) atoms. The number of allylic oxidation sites excluding steroid dienone is 1. The number of nitrogens with zero attached hydrogens (tertiary/aromatic N) is 3. The molecule has 0 saturated carbocycles. The van der Waals surface area contributed by atoms with E-state index in [-0.39, 0.29) is 30.1 Å². The Morgan fingerprint density at radius 2 is 1.60 bits per heavy atom. The van der Waals surface area contributed by atoms with Crippen molar-refractivity contribution in [2.45, 2.75) is 229 Å². The zero-order valence-electron chi connectivity index (χ0n) is 37.6. The zero-order valence-corrected chi connectivity index (χ0v) is 37.6. The lowest BCUT2D eigenvalue weighted by Gasteiger charge is -2.58. The van der Waals surface area contributed by atoms with Crippen LogP contribution in [0.15, 0.2) is 17.1 Å². The fourth-order valence-corrected chi connectivity index (χ4v) is 10.6. The van der Waals surface area contributed by atoms with E-state index in [1.54, 1.807) is 4.90 Å². The third-order valence-electron chi connectivity index (χ3n) is 13.8. The summed E-state index contributed by atoms with van der Waals surface area (Å²) in [4.78, 5) is 35.8. The van der Waals surface area contributed by atoms with Gasteiger partial charge in [-0.25, -0.2) is 4.99 Å². The number of esters is 1. The summed E-state index contributed by atoms with van der Waals surface area (Å²) in [6.45, 7) is 6.45. The van der Waals surface area contributed by atoms with Crippen LogP contribution in [0.25, 0.3) is 0 Å². The first-order valence-electron chi connectivity index (χ1n) is 24.5. The molecule has 7 N–H and O–H groups in total. The fraction of sp³-hybridized carbons (Fsp3) is 0.894. The molecule has 3 saturated heterocycles.